The number of aromatic nitrogens is 2. The predicted octanol–water partition coefficient (Wildman–Crippen LogP) is 3.38. The van der Waals surface area contributed by atoms with Gasteiger partial charge in [0, 0.05) is 0 Å². The predicted molar refractivity (Wildman–Crippen MR) is 71.0 cm³/mol. The van der Waals surface area contributed by atoms with Gasteiger partial charge in [-0.2, -0.15) is 4.98 Å². The van der Waals surface area contributed by atoms with Crippen molar-refractivity contribution in [3.63, 3.8) is 0 Å². The molecule has 0 atom stereocenters. The maximum Gasteiger partial charge on any atom is 0.350 e. The van der Waals surface area contributed by atoms with Gasteiger partial charge in [0.2, 0.25) is 5.28 Å². The number of hydrogen-bond acceptors (Lipinski definition) is 6. The average molecular weight is 304 g/mol. The van der Waals surface area contributed by atoms with E-state index in [1.54, 1.807) is 11.4 Å². The van der Waals surface area contributed by atoms with Gasteiger partial charge in [0.05, 0.1) is 19.0 Å². The minimum Gasteiger partial charge on any atom is -0.465 e. The van der Waals surface area contributed by atoms with Crippen molar-refractivity contribution >= 4 is 52.0 Å². The van der Waals surface area contributed by atoms with Crippen molar-refractivity contribution in [1.82, 2.24) is 9.97 Å². The second-order valence-corrected chi connectivity index (χ2v) is 4.78. The Morgan fingerprint density at radius 3 is 3.00 bits per heavy atom. The Balaban J connectivity index is 2.32. The van der Waals surface area contributed by atoms with Crippen LogP contribution < -0.4 is 5.32 Å². The lowest BCUT2D eigenvalue weighted by atomic mass is 10.4. The van der Waals surface area contributed by atoms with Gasteiger partial charge in [0.25, 0.3) is 0 Å². The molecule has 2 aromatic heterocycles. The molecule has 0 saturated carbocycles. The zero-order valence-electron chi connectivity index (χ0n) is 9.11. The molecule has 0 aliphatic carbocycles. The molecule has 18 heavy (non-hydrogen) atoms. The van der Waals surface area contributed by atoms with Crippen LogP contribution in [0.5, 0.6) is 0 Å². The van der Waals surface area contributed by atoms with Gasteiger partial charge < -0.3 is 10.1 Å². The number of ether oxygens (including phenoxy) is 1. The molecule has 2 heterocycles. The van der Waals surface area contributed by atoms with Crippen molar-refractivity contribution in [3.05, 3.63) is 32.8 Å². The molecule has 2 rings (SSSR count). The van der Waals surface area contributed by atoms with Gasteiger partial charge in [-0.25, -0.2) is 9.78 Å². The Labute approximate surface area is 117 Å². The zero-order valence-corrected chi connectivity index (χ0v) is 11.4. The molecule has 0 unspecified atom stereocenters. The highest BCUT2D eigenvalue weighted by Crippen LogP contribution is 2.29. The standard InChI is InChI=1S/C10H7Cl2N3O2S/c1-17-9(16)7-6(2-3-18-7)14-8-5(11)4-13-10(12)15-8/h2-4H,1H3,(H,13,14,15). The Bertz CT molecular complexity index is 588. The van der Waals surface area contributed by atoms with Gasteiger partial charge in [-0.05, 0) is 23.0 Å². The Morgan fingerprint density at radius 2 is 2.28 bits per heavy atom. The highest BCUT2D eigenvalue weighted by molar-refractivity contribution is 7.12. The van der Waals surface area contributed by atoms with Crippen LogP contribution in [0.1, 0.15) is 9.67 Å². The Kier molecular flexibility index (Phi) is 4.00. The summed E-state index contributed by atoms with van der Waals surface area (Å²) in [5, 5.41) is 5.05. The van der Waals surface area contributed by atoms with Gasteiger partial charge in [-0.3, -0.25) is 0 Å². The topological polar surface area (TPSA) is 64.1 Å². The second kappa shape index (κ2) is 5.51. The minimum absolute atomic E-state index is 0.0664. The molecule has 0 aliphatic rings. The minimum atomic E-state index is -0.427. The molecule has 1 N–H and O–H groups in total. The van der Waals surface area contributed by atoms with Crippen molar-refractivity contribution in [1.29, 1.82) is 0 Å². The fourth-order valence-electron chi connectivity index (χ4n) is 1.22. The summed E-state index contributed by atoms with van der Waals surface area (Å²) in [6.45, 7) is 0. The van der Waals surface area contributed by atoms with Crippen LogP contribution in [-0.2, 0) is 4.74 Å². The molecule has 2 aromatic rings. The van der Waals surface area contributed by atoms with E-state index in [0.29, 0.717) is 21.4 Å². The number of hydrogen-bond donors (Lipinski definition) is 1. The lowest BCUT2D eigenvalue weighted by molar-refractivity contribution is 0.0607. The van der Waals surface area contributed by atoms with Crippen LogP contribution >= 0.6 is 34.5 Å². The van der Waals surface area contributed by atoms with E-state index in [1.165, 1.54) is 24.6 Å². The second-order valence-electron chi connectivity index (χ2n) is 3.12. The lowest BCUT2D eigenvalue weighted by Gasteiger charge is -2.07. The van der Waals surface area contributed by atoms with E-state index in [4.69, 9.17) is 23.2 Å². The third kappa shape index (κ3) is 2.72. The number of nitrogens with zero attached hydrogens (tertiary/aromatic N) is 2. The summed E-state index contributed by atoms with van der Waals surface area (Å²) >= 11 is 12.9. The van der Waals surface area contributed by atoms with E-state index in [9.17, 15) is 4.79 Å². The summed E-state index contributed by atoms with van der Waals surface area (Å²) in [7, 11) is 1.32. The summed E-state index contributed by atoms with van der Waals surface area (Å²) in [6, 6.07) is 1.73. The molecule has 0 aromatic carbocycles. The summed E-state index contributed by atoms with van der Waals surface area (Å²) in [5.41, 5.74) is 0.559. The van der Waals surface area contributed by atoms with E-state index in [-0.39, 0.29) is 5.28 Å². The number of halogens is 2. The first-order valence-electron chi connectivity index (χ1n) is 4.72. The molecule has 0 amide bonds. The van der Waals surface area contributed by atoms with Crippen molar-refractivity contribution in [2.24, 2.45) is 0 Å². The number of carbonyl (C=O) groups is 1. The monoisotopic (exact) mass is 303 g/mol. The van der Waals surface area contributed by atoms with Crippen molar-refractivity contribution in [2.45, 2.75) is 0 Å². The quantitative estimate of drug-likeness (QED) is 0.695. The number of rotatable bonds is 3. The number of thiophene rings is 1. The molecule has 0 saturated heterocycles. The summed E-state index contributed by atoms with van der Waals surface area (Å²) in [6.07, 6.45) is 1.38. The van der Waals surface area contributed by atoms with Crippen molar-refractivity contribution in [3.8, 4) is 0 Å². The third-order valence-electron chi connectivity index (χ3n) is 2.00. The van der Waals surface area contributed by atoms with Gasteiger partial charge in [-0.1, -0.05) is 11.6 Å². The maximum atomic E-state index is 11.5. The molecule has 0 fully saturated rings. The van der Waals surface area contributed by atoms with Gasteiger partial charge in [-0.15, -0.1) is 11.3 Å². The van der Waals surface area contributed by atoms with Gasteiger partial charge >= 0.3 is 5.97 Å². The van der Waals surface area contributed by atoms with Crippen LogP contribution in [-0.4, -0.2) is 23.0 Å². The molecule has 0 radical (unpaired) electrons. The van der Waals surface area contributed by atoms with Crippen LogP contribution in [0.4, 0.5) is 11.5 Å². The summed E-state index contributed by atoms with van der Waals surface area (Å²) in [4.78, 5) is 19.6. The number of methoxy groups -OCH3 is 1. The fraction of sp³-hybridized carbons (Fsp3) is 0.100. The smallest absolute Gasteiger partial charge is 0.350 e. The lowest BCUT2D eigenvalue weighted by Crippen LogP contribution is -2.03. The van der Waals surface area contributed by atoms with E-state index >= 15 is 0 Å². The summed E-state index contributed by atoms with van der Waals surface area (Å²) in [5.74, 6) is -0.0935. The molecular weight excluding hydrogens is 297 g/mol. The SMILES string of the molecule is COC(=O)c1sccc1Nc1nc(Cl)ncc1Cl. The van der Waals surface area contributed by atoms with Gasteiger partial charge in [0.1, 0.15) is 9.90 Å². The molecule has 94 valence electrons. The number of anilines is 2. The van der Waals surface area contributed by atoms with Gasteiger partial charge in [0.15, 0.2) is 5.82 Å². The first-order valence-corrected chi connectivity index (χ1v) is 6.36. The highest BCUT2D eigenvalue weighted by atomic mass is 35.5. The average Bonchev–Trinajstić information content (AvgIpc) is 2.81. The largest absolute Gasteiger partial charge is 0.465 e. The van der Waals surface area contributed by atoms with Crippen LogP contribution in [0.2, 0.25) is 10.3 Å². The molecule has 0 aliphatic heterocycles. The zero-order chi connectivity index (χ0) is 13.1. The third-order valence-corrected chi connectivity index (χ3v) is 3.36. The van der Waals surface area contributed by atoms with Crippen LogP contribution in [0, 0.1) is 0 Å². The first kappa shape index (κ1) is 13.1. The number of esters is 1. The summed E-state index contributed by atoms with van der Waals surface area (Å²) < 4.78 is 4.67. The molecular formula is C10H7Cl2N3O2S. The van der Waals surface area contributed by atoms with Crippen LogP contribution in [0.15, 0.2) is 17.6 Å². The highest BCUT2D eigenvalue weighted by Gasteiger charge is 2.15. The van der Waals surface area contributed by atoms with Crippen LogP contribution in [0.3, 0.4) is 0 Å². The van der Waals surface area contributed by atoms with E-state index in [1.807, 2.05) is 0 Å². The Hall–Kier alpha value is -1.37. The molecule has 0 bridgehead atoms. The van der Waals surface area contributed by atoms with Crippen LogP contribution in [0.25, 0.3) is 0 Å². The fourth-order valence-corrected chi connectivity index (χ4v) is 2.26. The maximum absolute atomic E-state index is 11.5. The number of nitrogens with one attached hydrogen (secondary N) is 1. The Morgan fingerprint density at radius 1 is 1.50 bits per heavy atom. The number of carbonyl (C=O) groups excluding carboxylic acids is 1. The van der Waals surface area contributed by atoms with E-state index < -0.39 is 5.97 Å². The van der Waals surface area contributed by atoms with Crippen molar-refractivity contribution in [2.75, 3.05) is 12.4 Å². The van der Waals surface area contributed by atoms with E-state index in [2.05, 4.69) is 20.0 Å². The van der Waals surface area contributed by atoms with E-state index in [0.717, 1.165) is 0 Å². The molecule has 8 heteroatoms. The van der Waals surface area contributed by atoms with Crippen molar-refractivity contribution < 1.29 is 9.53 Å². The normalized spacial score (nSPS) is 10.2. The first-order chi connectivity index (χ1) is 8.61. The molecule has 5 nitrogen and oxygen atoms in total. The molecule has 0 spiro atoms.